The third-order valence-corrected chi connectivity index (χ3v) is 5.15. The molecule has 0 saturated heterocycles. The smallest absolute Gasteiger partial charge is 0.253 e. The first kappa shape index (κ1) is 20.9. The van der Waals surface area contributed by atoms with E-state index in [-0.39, 0.29) is 11.7 Å². The van der Waals surface area contributed by atoms with Crippen LogP contribution in [-0.2, 0) is 13.0 Å². The topological polar surface area (TPSA) is 125 Å². The molecular formula is C23H23N7O2. The molecule has 0 unspecified atom stereocenters. The molecule has 0 aliphatic heterocycles. The molecule has 3 heterocycles. The van der Waals surface area contributed by atoms with Crippen LogP contribution in [-0.4, -0.2) is 44.0 Å². The first-order valence-corrected chi connectivity index (χ1v) is 10.2. The molecule has 3 aromatic heterocycles. The molecule has 0 aliphatic carbocycles. The van der Waals surface area contributed by atoms with Gasteiger partial charge in [0.25, 0.3) is 5.91 Å². The number of hydrogen-bond acceptors (Lipinski definition) is 6. The first-order chi connectivity index (χ1) is 15.5. The molecule has 0 bridgehead atoms. The maximum Gasteiger partial charge on any atom is 0.253 e. The number of nitriles is 1. The lowest BCUT2D eigenvalue weighted by Gasteiger charge is -2.17. The third kappa shape index (κ3) is 4.54. The molecule has 32 heavy (non-hydrogen) atoms. The van der Waals surface area contributed by atoms with Gasteiger partial charge in [-0.1, -0.05) is 6.07 Å². The van der Waals surface area contributed by atoms with Gasteiger partial charge >= 0.3 is 0 Å². The molecule has 9 heteroatoms. The Morgan fingerprint density at radius 2 is 2.09 bits per heavy atom. The molecule has 0 fully saturated rings. The number of ether oxygens (including phenoxy) is 1. The second kappa shape index (κ2) is 9.22. The SMILES string of the molecule is CN(CCCc1[nH]nc(N)c1C#N)C(=O)c1ccc(OCc2cn3ccccc3n2)cc1. The molecule has 0 radical (unpaired) electrons. The first-order valence-electron chi connectivity index (χ1n) is 10.2. The molecular weight excluding hydrogens is 406 g/mol. The number of carbonyl (C=O) groups is 1. The van der Waals surface area contributed by atoms with Crippen molar-refractivity contribution in [1.82, 2.24) is 24.5 Å². The molecule has 3 N–H and O–H groups in total. The molecule has 0 saturated carbocycles. The fourth-order valence-electron chi connectivity index (χ4n) is 3.42. The summed E-state index contributed by atoms with van der Waals surface area (Å²) in [7, 11) is 1.75. The number of benzene rings is 1. The van der Waals surface area contributed by atoms with Crippen LogP contribution < -0.4 is 10.5 Å². The zero-order valence-electron chi connectivity index (χ0n) is 17.7. The normalized spacial score (nSPS) is 10.8. The molecule has 4 rings (SSSR count). The van der Waals surface area contributed by atoms with Gasteiger partial charge in [0.2, 0.25) is 0 Å². The number of pyridine rings is 1. The minimum absolute atomic E-state index is 0.0819. The van der Waals surface area contributed by atoms with E-state index in [0.717, 1.165) is 11.3 Å². The van der Waals surface area contributed by atoms with E-state index in [1.165, 1.54) is 0 Å². The van der Waals surface area contributed by atoms with E-state index in [1.807, 2.05) is 41.1 Å². The van der Waals surface area contributed by atoms with Gasteiger partial charge in [-0.25, -0.2) is 4.98 Å². The van der Waals surface area contributed by atoms with Crippen molar-refractivity contribution in [2.75, 3.05) is 19.3 Å². The Labute approximate surface area is 185 Å². The largest absolute Gasteiger partial charge is 0.487 e. The van der Waals surface area contributed by atoms with Crippen LogP contribution in [0, 0.1) is 11.3 Å². The maximum atomic E-state index is 12.7. The molecule has 1 aromatic carbocycles. The number of fused-ring (bicyclic) bond motifs is 1. The fraction of sp³-hybridized carbons (Fsp3) is 0.217. The van der Waals surface area contributed by atoms with Crippen LogP contribution in [0.15, 0.2) is 54.9 Å². The van der Waals surface area contributed by atoms with Crippen LogP contribution in [0.4, 0.5) is 5.82 Å². The molecule has 4 aromatic rings. The van der Waals surface area contributed by atoms with Gasteiger partial charge in [0.05, 0.1) is 11.4 Å². The standard InChI is InChI=1S/C23H23N7O2/c1-29(11-4-5-20-19(13-24)22(25)28-27-20)23(31)16-7-9-18(10-8-16)32-15-17-14-30-12-3-2-6-21(30)26-17/h2-3,6-10,12,14H,4-5,11,15H2,1H3,(H3,25,27,28). The third-order valence-electron chi connectivity index (χ3n) is 5.15. The summed E-state index contributed by atoms with van der Waals surface area (Å²) in [6.45, 7) is 0.881. The molecule has 1 amide bonds. The number of aromatic nitrogens is 4. The minimum atomic E-state index is -0.0819. The van der Waals surface area contributed by atoms with Gasteiger partial charge in [0.15, 0.2) is 5.82 Å². The number of H-pyrrole nitrogens is 1. The lowest BCUT2D eigenvalue weighted by Crippen LogP contribution is -2.28. The number of nitrogens with zero attached hydrogens (tertiary/aromatic N) is 5. The quantitative estimate of drug-likeness (QED) is 0.444. The Hall–Kier alpha value is -4.32. The van der Waals surface area contributed by atoms with Crippen LogP contribution in [0.3, 0.4) is 0 Å². The Bertz CT molecular complexity index is 1230. The summed E-state index contributed by atoms with van der Waals surface area (Å²) in [6.07, 6.45) is 5.13. The second-order valence-corrected chi connectivity index (χ2v) is 7.42. The van der Waals surface area contributed by atoms with E-state index < -0.39 is 0 Å². The number of anilines is 1. The van der Waals surface area contributed by atoms with Gasteiger partial charge in [-0.05, 0) is 49.2 Å². The number of imidazole rings is 1. The predicted octanol–water partition coefficient (Wildman–Crippen LogP) is 2.80. The van der Waals surface area contributed by atoms with Crippen LogP contribution in [0.2, 0.25) is 0 Å². The van der Waals surface area contributed by atoms with Gasteiger partial charge in [-0.15, -0.1) is 0 Å². The maximum absolute atomic E-state index is 12.7. The highest BCUT2D eigenvalue weighted by molar-refractivity contribution is 5.94. The fourth-order valence-corrected chi connectivity index (χ4v) is 3.42. The number of nitrogens with one attached hydrogen (secondary N) is 1. The molecule has 162 valence electrons. The monoisotopic (exact) mass is 429 g/mol. The highest BCUT2D eigenvalue weighted by atomic mass is 16.5. The van der Waals surface area contributed by atoms with Crippen molar-refractivity contribution < 1.29 is 9.53 Å². The summed E-state index contributed by atoms with van der Waals surface area (Å²) in [4.78, 5) is 18.8. The van der Waals surface area contributed by atoms with Crippen LogP contribution in [0.5, 0.6) is 5.75 Å². The van der Waals surface area contributed by atoms with Gasteiger partial charge in [-0.2, -0.15) is 10.4 Å². The summed E-state index contributed by atoms with van der Waals surface area (Å²) in [6, 6.07) is 14.9. The van der Waals surface area contributed by atoms with Crippen LogP contribution in [0.1, 0.15) is 33.7 Å². The number of carbonyl (C=O) groups excluding carboxylic acids is 1. The number of nitrogen functional groups attached to an aromatic ring is 1. The van der Waals surface area contributed by atoms with Gasteiger partial charge in [-0.3, -0.25) is 9.89 Å². The van der Waals surface area contributed by atoms with Crippen molar-refractivity contribution in [2.24, 2.45) is 0 Å². The number of nitrogens with two attached hydrogens (primary N) is 1. The van der Waals surface area contributed by atoms with Crippen molar-refractivity contribution in [1.29, 1.82) is 5.26 Å². The van der Waals surface area contributed by atoms with Crippen molar-refractivity contribution in [3.63, 3.8) is 0 Å². The average Bonchev–Trinajstić information content (AvgIpc) is 3.39. The molecule has 0 spiro atoms. The molecule has 0 atom stereocenters. The zero-order chi connectivity index (χ0) is 22.5. The summed E-state index contributed by atoms with van der Waals surface area (Å²) in [5, 5.41) is 15.8. The van der Waals surface area contributed by atoms with Crippen molar-refractivity contribution in [3.8, 4) is 11.8 Å². The van der Waals surface area contributed by atoms with Crippen LogP contribution >= 0.6 is 0 Å². The highest BCUT2D eigenvalue weighted by Gasteiger charge is 2.14. The molecule has 9 nitrogen and oxygen atoms in total. The predicted molar refractivity (Wildman–Crippen MR) is 119 cm³/mol. The zero-order valence-corrected chi connectivity index (χ0v) is 17.7. The Balaban J connectivity index is 1.28. The molecule has 0 aliphatic rings. The van der Waals surface area contributed by atoms with Crippen molar-refractivity contribution >= 4 is 17.4 Å². The van der Waals surface area contributed by atoms with E-state index in [0.29, 0.717) is 48.6 Å². The summed E-state index contributed by atoms with van der Waals surface area (Å²) in [5.74, 6) is 0.791. The van der Waals surface area contributed by atoms with Gasteiger partial charge < -0.3 is 19.8 Å². The van der Waals surface area contributed by atoms with E-state index in [9.17, 15) is 4.79 Å². The number of amides is 1. The average molecular weight is 429 g/mol. The number of aryl methyl sites for hydroxylation is 1. The van der Waals surface area contributed by atoms with Crippen LogP contribution in [0.25, 0.3) is 5.65 Å². The van der Waals surface area contributed by atoms with E-state index >= 15 is 0 Å². The van der Waals surface area contributed by atoms with Gasteiger partial charge in [0, 0.05) is 31.5 Å². The Morgan fingerprint density at radius 3 is 2.84 bits per heavy atom. The van der Waals surface area contributed by atoms with E-state index in [1.54, 1.807) is 36.2 Å². The lowest BCUT2D eigenvalue weighted by molar-refractivity contribution is 0.0793. The highest BCUT2D eigenvalue weighted by Crippen LogP contribution is 2.17. The summed E-state index contributed by atoms with van der Waals surface area (Å²) in [5.41, 5.74) is 8.99. The van der Waals surface area contributed by atoms with Gasteiger partial charge in [0.1, 0.15) is 29.6 Å². The lowest BCUT2D eigenvalue weighted by atomic mass is 10.1. The van der Waals surface area contributed by atoms with E-state index in [4.69, 9.17) is 15.7 Å². The Morgan fingerprint density at radius 1 is 1.28 bits per heavy atom. The number of rotatable bonds is 8. The Kier molecular flexibility index (Phi) is 6.03. The number of hydrogen-bond donors (Lipinski definition) is 2. The summed E-state index contributed by atoms with van der Waals surface area (Å²) < 4.78 is 7.75. The van der Waals surface area contributed by atoms with Crippen molar-refractivity contribution in [3.05, 3.63) is 77.4 Å². The number of aromatic amines is 1. The minimum Gasteiger partial charge on any atom is -0.487 e. The summed E-state index contributed by atoms with van der Waals surface area (Å²) >= 11 is 0. The van der Waals surface area contributed by atoms with E-state index in [2.05, 4.69) is 15.2 Å². The van der Waals surface area contributed by atoms with Crippen molar-refractivity contribution in [2.45, 2.75) is 19.4 Å². The second-order valence-electron chi connectivity index (χ2n) is 7.42.